The molecule has 3 heterocycles. The Morgan fingerprint density at radius 3 is 2.57 bits per heavy atom. The average Bonchev–Trinajstić information content (AvgIpc) is 3.53. The number of fused-ring (bicyclic) bond motifs is 1. The Labute approximate surface area is 316 Å². The van der Waals surface area contributed by atoms with E-state index >= 15 is 0 Å². The van der Waals surface area contributed by atoms with Crippen molar-refractivity contribution in [1.29, 1.82) is 0 Å². The fourth-order valence-corrected chi connectivity index (χ4v) is 7.85. The third-order valence-electron chi connectivity index (χ3n) is 9.64. The van der Waals surface area contributed by atoms with Crippen molar-refractivity contribution in [2.75, 3.05) is 62.9 Å². The van der Waals surface area contributed by atoms with Gasteiger partial charge in [-0.2, -0.15) is 0 Å². The molecule has 2 aliphatic heterocycles. The molecule has 0 radical (unpaired) electrons. The van der Waals surface area contributed by atoms with Crippen molar-refractivity contribution >= 4 is 34.2 Å². The summed E-state index contributed by atoms with van der Waals surface area (Å²) in [5.41, 5.74) is 7.38. The second kappa shape index (κ2) is 19.2. The van der Waals surface area contributed by atoms with Crippen LogP contribution < -0.4 is 15.0 Å². The number of aromatic nitrogens is 2. The molecular weight excluding hydrogens is 689 g/mol. The summed E-state index contributed by atoms with van der Waals surface area (Å²) < 4.78 is 38.5. The van der Waals surface area contributed by atoms with Crippen molar-refractivity contribution in [3.63, 3.8) is 0 Å². The second-order valence-electron chi connectivity index (χ2n) is 13.4. The summed E-state index contributed by atoms with van der Waals surface area (Å²) in [4.78, 5) is 21.3. The first-order chi connectivity index (χ1) is 25.9. The van der Waals surface area contributed by atoms with Crippen molar-refractivity contribution in [2.45, 2.75) is 69.8 Å². The molecule has 53 heavy (non-hydrogen) atoms. The number of imidazole rings is 1. The lowest BCUT2D eigenvalue weighted by Crippen LogP contribution is -2.41. The number of amides is 1. The molecule has 0 spiro atoms. The van der Waals surface area contributed by atoms with E-state index in [-0.39, 0.29) is 12.0 Å². The average molecular weight is 741 g/mol. The zero-order valence-electron chi connectivity index (χ0n) is 31.2. The molecule has 1 aromatic heterocycles. The van der Waals surface area contributed by atoms with Gasteiger partial charge >= 0.3 is 0 Å². The predicted molar refractivity (Wildman–Crippen MR) is 211 cm³/mol. The van der Waals surface area contributed by atoms with Gasteiger partial charge in [-0.1, -0.05) is 31.5 Å². The van der Waals surface area contributed by atoms with Gasteiger partial charge in [0.15, 0.2) is 0 Å². The molecule has 1 amide bonds. The highest BCUT2D eigenvalue weighted by molar-refractivity contribution is 7.84. The number of benzene rings is 3. The van der Waals surface area contributed by atoms with E-state index in [0.717, 1.165) is 78.5 Å². The van der Waals surface area contributed by atoms with Crippen molar-refractivity contribution in [3.05, 3.63) is 95.6 Å². The van der Waals surface area contributed by atoms with Crippen LogP contribution in [0.2, 0.25) is 0 Å². The minimum absolute atomic E-state index is 0.0119. The van der Waals surface area contributed by atoms with Crippen LogP contribution in [0.5, 0.6) is 5.75 Å². The zero-order valence-corrected chi connectivity index (χ0v) is 32.0. The van der Waals surface area contributed by atoms with Gasteiger partial charge in [-0.3, -0.25) is 9.00 Å². The minimum atomic E-state index is -1.24. The Balaban J connectivity index is 1.18. The number of carbonyl (C=O) groups is 1. The van der Waals surface area contributed by atoms with Crippen LogP contribution in [0.3, 0.4) is 0 Å². The molecule has 1 fully saturated rings. The Kier molecular flexibility index (Phi) is 13.9. The molecule has 4 aromatic rings. The zero-order chi connectivity index (χ0) is 37.0. The number of carbonyl (C=O) groups excluding carboxylic acids is 1. The molecule has 0 aliphatic carbocycles. The Bertz CT molecular complexity index is 1850. The first-order valence-corrected chi connectivity index (χ1v) is 20.1. The van der Waals surface area contributed by atoms with Gasteiger partial charge in [0, 0.05) is 48.1 Å². The minimum Gasteiger partial charge on any atom is -0.491 e. The van der Waals surface area contributed by atoms with Gasteiger partial charge in [0.2, 0.25) is 0 Å². The Hall–Kier alpha value is -4.29. The van der Waals surface area contributed by atoms with Crippen LogP contribution >= 0.6 is 0 Å². The summed E-state index contributed by atoms with van der Waals surface area (Å²) in [6, 6.07) is 21.9. The van der Waals surface area contributed by atoms with Gasteiger partial charge < -0.3 is 33.7 Å². The summed E-state index contributed by atoms with van der Waals surface area (Å²) in [6.07, 6.45) is 7.41. The molecule has 11 heteroatoms. The lowest BCUT2D eigenvalue weighted by molar-refractivity contribution is -0.112. The molecule has 2 aliphatic rings. The SMILES string of the molecule is CCCCOCCOc1ccc(-c2ccc3c(c2)/C=C(/C(=O)Nc2ccc([S@](=O)Cc4c(C)ncn4CC)cc2)CCCN3CC2COCCO2)cc1. The number of unbranched alkanes of at least 4 members (excludes halogenated alkanes) is 1. The third kappa shape index (κ3) is 10.4. The normalized spacial score (nSPS) is 17.6. The number of anilines is 2. The van der Waals surface area contributed by atoms with E-state index in [1.54, 1.807) is 6.33 Å². The number of hydrogen-bond acceptors (Lipinski definition) is 8. The van der Waals surface area contributed by atoms with Crippen LogP contribution in [0.4, 0.5) is 11.4 Å². The van der Waals surface area contributed by atoms with Gasteiger partial charge in [-0.05, 0) is 104 Å². The lowest BCUT2D eigenvalue weighted by Gasteiger charge is -2.33. The highest BCUT2D eigenvalue weighted by Gasteiger charge is 2.23. The topological polar surface area (TPSA) is 104 Å². The van der Waals surface area contributed by atoms with Crippen molar-refractivity contribution < 1.29 is 28.0 Å². The number of hydrogen-bond donors (Lipinski definition) is 1. The standard InChI is InChI=1S/C42H52N4O6S/c1-4-6-20-49-21-23-51-37-14-9-32(10-15-37)33-11-18-40-35(25-33)26-34(8-7-19-46(40)27-38-28-50-22-24-52-38)42(47)44-36-12-16-39(17-13-36)53(48)29-41-31(3)43-30-45(41)5-2/h9-18,25-26,30,38H,4-8,19-24,27-29H2,1-3H3,(H,44,47)/b34-26+/t38?,53-/m1/s1. The molecule has 3 aromatic carbocycles. The number of aryl methyl sites for hydroxylation is 2. The molecule has 1 saturated heterocycles. The van der Waals surface area contributed by atoms with Crippen LogP contribution in [0.25, 0.3) is 17.2 Å². The summed E-state index contributed by atoms with van der Waals surface area (Å²) in [7, 11) is -1.24. The molecule has 0 saturated carbocycles. The lowest BCUT2D eigenvalue weighted by atomic mass is 9.96. The predicted octanol–water partition coefficient (Wildman–Crippen LogP) is 7.42. The van der Waals surface area contributed by atoms with Crippen LogP contribution in [0.15, 0.2) is 83.5 Å². The maximum atomic E-state index is 13.8. The maximum Gasteiger partial charge on any atom is 0.251 e. The van der Waals surface area contributed by atoms with E-state index in [4.69, 9.17) is 18.9 Å². The number of ether oxygens (including phenoxy) is 4. The van der Waals surface area contributed by atoms with E-state index in [1.165, 1.54) is 0 Å². The largest absolute Gasteiger partial charge is 0.491 e. The van der Waals surface area contributed by atoms with Crippen molar-refractivity contribution in [1.82, 2.24) is 9.55 Å². The molecular formula is C42H52N4O6S. The molecule has 2 atom stereocenters. The number of rotatable bonds is 16. The van der Waals surface area contributed by atoms with Crippen molar-refractivity contribution in [3.8, 4) is 16.9 Å². The maximum absolute atomic E-state index is 13.8. The van der Waals surface area contributed by atoms with Crippen LogP contribution in [0, 0.1) is 6.92 Å². The summed E-state index contributed by atoms with van der Waals surface area (Å²) in [6.45, 7) is 12.1. The smallest absolute Gasteiger partial charge is 0.251 e. The third-order valence-corrected chi connectivity index (χ3v) is 11.0. The van der Waals surface area contributed by atoms with Gasteiger partial charge in [0.25, 0.3) is 5.91 Å². The van der Waals surface area contributed by atoms with Gasteiger partial charge in [-0.25, -0.2) is 4.98 Å². The molecule has 10 nitrogen and oxygen atoms in total. The van der Waals surface area contributed by atoms with E-state index in [9.17, 15) is 9.00 Å². The summed E-state index contributed by atoms with van der Waals surface area (Å²) >= 11 is 0. The first kappa shape index (κ1) is 38.4. The van der Waals surface area contributed by atoms with Gasteiger partial charge in [0.1, 0.15) is 12.4 Å². The van der Waals surface area contributed by atoms with E-state index in [1.807, 2.05) is 60.9 Å². The highest BCUT2D eigenvalue weighted by atomic mass is 32.2. The van der Waals surface area contributed by atoms with E-state index in [0.29, 0.717) is 67.9 Å². The molecule has 0 bridgehead atoms. The molecule has 282 valence electrons. The van der Waals surface area contributed by atoms with E-state index < -0.39 is 10.8 Å². The fourth-order valence-electron chi connectivity index (χ4n) is 6.62. The quantitative estimate of drug-likeness (QED) is 0.119. The Morgan fingerprint density at radius 2 is 1.81 bits per heavy atom. The highest BCUT2D eigenvalue weighted by Crippen LogP contribution is 2.33. The second-order valence-corrected chi connectivity index (χ2v) is 14.9. The van der Waals surface area contributed by atoms with Gasteiger partial charge in [-0.15, -0.1) is 0 Å². The van der Waals surface area contributed by atoms with Crippen LogP contribution in [0.1, 0.15) is 56.5 Å². The van der Waals surface area contributed by atoms with Crippen LogP contribution in [-0.4, -0.2) is 78.5 Å². The Morgan fingerprint density at radius 1 is 1.00 bits per heavy atom. The van der Waals surface area contributed by atoms with E-state index in [2.05, 4.69) is 52.5 Å². The van der Waals surface area contributed by atoms with Gasteiger partial charge in [0.05, 0.1) is 66.8 Å². The molecule has 6 rings (SSSR count). The number of nitrogens with zero attached hydrogens (tertiary/aromatic N) is 3. The molecule has 1 unspecified atom stereocenters. The fraction of sp³-hybridized carbons (Fsp3) is 0.429. The summed E-state index contributed by atoms with van der Waals surface area (Å²) in [5.74, 6) is 1.05. The van der Waals surface area contributed by atoms with Crippen LogP contribution in [-0.2, 0) is 42.1 Å². The summed E-state index contributed by atoms with van der Waals surface area (Å²) in [5, 5.41) is 3.10. The van der Waals surface area contributed by atoms with Crippen molar-refractivity contribution in [2.24, 2.45) is 0 Å². The first-order valence-electron chi connectivity index (χ1n) is 18.8. The monoisotopic (exact) mass is 740 g/mol. The number of nitrogens with one attached hydrogen (secondary N) is 1. The molecule has 1 N–H and O–H groups in total.